The van der Waals surface area contributed by atoms with Crippen LogP contribution in [0.25, 0.3) is 0 Å². The van der Waals surface area contributed by atoms with E-state index in [4.69, 9.17) is 0 Å². The second-order valence-corrected chi connectivity index (χ2v) is 8.49. The van der Waals surface area contributed by atoms with Crippen LogP contribution in [0.5, 0.6) is 0 Å². The zero-order valence-electron chi connectivity index (χ0n) is 17.1. The third-order valence-electron chi connectivity index (χ3n) is 6.11. The van der Waals surface area contributed by atoms with Gasteiger partial charge in [0.15, 0.2) is 0 Å². The van der Waals surface area contributed by atoms with E-state index in [9.17, 15) is 4.39 Å². The first kappa shape index (κ1) is 20.1. The molecular formula is C25H34FN. The summed E-state index contributed by atoms with van der Waals surface area (Å²) in [6, 6.07) is 20.8. The van der Waals surface area contributed by atoms with E-state index in [1.807, 2.05) is 0 Å². The maximum absolute atomic E-state index is 13.4. The van der Waals surface area contributed by atoms with Gasteiger partial charge in [-0.2, -0.15) is 0 Å². The quantitative estimate of drug-likeness (QED) is 0.513. The summed E-state index contributed by atoms with van der Waals surface area (Å²) in [5.74, 6) is 0.426. The van der Waals surface area contributed by atoms with Gasteiger partial charge < -0.3 is 0 Å². The van der Waals surface area contributed by atoms with Gasteiger partial charge in [0.05, 0.1) is 0 Å². The van der Waals surface area contributed by atoms with Crippen molar-refractivity contribution in [3.63, 3.8) is 0 Å². The van der Waals surface area contributed by atoms with Gasteiger partial charge >= 0.3 is 0 Å². The first-order valence-corrected chi connectivity index (χ1v) is 10.6. The molecule has 0 aromatic heterocycles. The van der Waals surface area contributed by atoms with Crippen molar-refractivity contribution in [1.29, 1.82) is 0 Å². The largest absolute Gasteiger partial charge is 0.294 e. The Labute approximate surface area is 164 Å². The first-order chi connectivity index (χ1) is 13.0. The second kappa shape index (κ2) is 9.50. The Bertz CT molecular complexity index is 679. The monoisotopic (exact) mass is 367 g/mol. The number of halogens is 1. The highest BCUT2D eigenvalue weighted by molar-refractivity contribution is 5.26. The molecule has 1 aliphatic carbocycles. The van der Waals surface area contributed by atoms with Crippen LogP contribution in [0.15, 0.2) is 54.6 Å². The zero-order valence-corrected chi connectivity index (χ0v) is 17.1. The Balaban J connectivity index is 1.54. The van der Waals surface area contributed by atoms with Gasteiger partial charge in [0.2, 0.25) is 0 Å². The van der Waals surface area contributed by atoms with Gasteiger partial charge in [-0.15, -0.1) is 0 Å². The van der Waals surface area contributed by atoms with E-state index in [2.05, 4.69) is 80.3 Å². The molecule has 1 saturated carbocycles. The summed E-state index contributed by atoms with van der Waals surface area (Å²) in [4.78, 5) is 2.59. The lowest BCUT2D eigenvalue weighted by molar-refractivity contribution is 0.147. The maximum Gasteiger partial charge on any atom is 0.101 e. The van der Waals surface area contributed by atoms with Gasteiger partial charge in [-0.05, 0) is 75.5 Å². The van der Waals surface area contributed by atoms with E-state index in [0.717, 1.165) is 32.2 Å². The molecule has 2 aromatic rings. The second-order valence-electron chi connectivity index (χ2n) is 8.49. The summed E-state index contributed by atoms with van der Waals surface area (Å²) in [6.45, 7) is 7.92. The molecule has 0 bridgehead atoms. The molecule has 27 heavy (non-hydrogen) atoms. The molecule has 0 saturated heterocycles. The van der Waals surface area contributed by atoms with E-state index in [0.29, 0.717) is 24.4 Å². The lowest BCUT2D eigenvalue weighted by atomic mass is 9.95. The molecule has 1 fully saturated rings. The lowest BCUT2D eigenvalue weighted by Crippen LogP contribution is -2.38. The zero-order chi connectivity index (χ0) is 19.2. The van der Waals surface area contributed by atoms with Gasteiger partial charge in [0.1, 0.15) is 6.17 Å². The van der Waals surface area contributed by atoms with Crippen LogP contribution in [-0.2, 0) is 13.0 Å². The number of nitrogens with zero attached hydrogens (tertiary/aromatic N) is 1. The summed E-state index contributed by atoms with van der Waals surface area (Å²) in [7, 11) is 0. The van der Waals surface area contributed by atoms with Crippen LogP contribution < -0.4 is 0 Å². The molecule has 3 rings (SSSR count). The van der Waals surface area contributed by atoms with E-state index in [1.54, 1.807) is 0 Å². The molecular weight excluding hydrogens is 333 g/mol. The van der Waals surface area contributed by atoms with Gasteiger partial charge in [-0.3, -0.25) is 4.90 Å². The van der Waals surface area contributed by atoms with Crippen LogP contribution in [0.3, 0.4) is 0 Å². The van der Waals surface area contributed by atoms with E-state index in [1.165, 1.54) is 16.7 Å². The van der Waals surface area contributed by atoms with E-state index >= 15 is 0 Å². The smallest absolute Gasteiger partial charge is 0.101 e. The third-order valence-corrected chi connectivity index (χ3v) is 6.11. The van der Waals surface area contributed by atoms with Crippen molar-refractivity contribution in [2.24, 2.45) is 0 Å². The third kappa shape index (κ3) is 5.65. The van der Waals surface area contributed by atoms with Crippen LogP contribution in [0.1, 0.15) is 69.1 Å². The minimum absolute atomic E-state index is 0.426. The fourth-order valence-corrected chi connectivity index (χ4v) is 4.37. The van der Waals surface area contributed by atoms with Crippen LogP contribution in [0.2, 0.25) is 0 Å². The predicted octanol–water partition coefficient (Wildman–Crippen LogP) is 6.52. The van der Waals surface area contributed by atoms with Crippen molar-refractivity contribution in [1.82, 2.24) is 4.90 Å². The molecule has 0 N–H and O–H groups in total. The van der Waals surface area contributed by atoms with Crippen LogP contribution in [0.4, 0.5) is 4.39 Å². The number of alkyl halides is 1. The molecule has 1 nitrogen and oxygen atoms in total. The van der Waals surface area contributed by atoms with Crippen molar-refractivity contribution in [3.8, 4) is 0 Å². The average Bonchev–Trinajstić information content (AvgIpc) is 3.11. The van der Waals surface area contributed by atoms with E-state index < -0.39 is 6.17 Å². The number of hydrogen-bond donors (Lipinski definition) is 0. The van der Waals surface area contributed by atoms with Gasteiger partial charge in [-0.25, -0.2) is 4.39 Å². The molecule has 0 radical (unpaired) electrons. The minimum Gasteiger partial charge on any atom is -0.294 e. The Hall–Kier alpha value is -1.67. The number of aryl methyl sites for hydroxylation is 1. The number of hydrogen-bond acceptors (Lipinski definition) is 1. The number of benzene rings is 2. The SMILES string of the molecule is CC(C)N(Cc1ccccc1)C(C)CCc1ccc(C2CCC(F)C2)cc1. The van der Waals surface area contributed by atoms with Crippen molar-refractivity contribution in [2.45, 2.75) is 83.6 Å². The maximum atomic E-state index is 13.4. The number of rotatable bonds is 8. The molecule has 3 atom stereocenters. The molecule has 1 aliphatic rings. The predicted molar refractivity (Wildman–Crippen MR) is 113 cm³/mol. The summed E-state index contributed by atoms with van der Waals surface area (Å²) in [5, 5.41) is 0. The summed E-state index contributed by atoms with van der Waals surface area (Å²) >= 11 is 0. The standard InChI is InChI=1S/C25H34FN/c1-19(2)27(18-22-7-5-4-6-8-22)20(3)9-10-21-11-13-23(14-12-21)24-15-16-25(26)17-24/h4-8,11-14,19-20,24-25H,9-10,15-18H2,1-3H3. The van der Waals surface area contributed by atoms with Crippen molar-refractivity contribution in [2.75, 3.05) is 0 Å². The first-order valence-electron chi connectivity index (χ1n) is 10.6. The van der Waals surface area contributed by atoms with Crippen molar-refractivity contribution >= 4 is 0 Å². The summed E-state index contributed by atoms with van der Waals surface area (Å²) in [6.07, 6.45) is 4.09. The minimum atomic E-state index is -0.595. The molecule has 2 heteroatoms. The fraction of sp³-hybridized carbons (Fsp3) is 0.520. The Morgan fingerprint density at radius 3 is 2.22 bits per heavy atom. The van der Waals surface area contributed by atoms with Gasteiger partial charge in [0, 0.05) is 18.6 Å². The topological polar surface area (TPSA) is 3.24 Å². The normalized spacial score (nSPS) is 21.1. The Morgan fingerprint density at radius 1 is 0.926 bits per heavy atom. The highest BCUT2D eigenvalue weighted by atomic mass is 19.1. The molecule has 0 amide bonds. The lowest BCUT2D eigenvalue weighted by Gasteiger charge is -2.33. The fourth-order valence-electron chi connectivity index (χ4n) is 4.37. The molecule has 3 unspecified atom stereocenters. The molecule has 0 aliphatic heterocycles. The van der Waals surface area contributed by atoms with Crippen molar-refractivity contribution < 1.29 is 4.39 Å². The average molecular weight is 368 g/mol. The van der Waals surface area contributed by atoms with Crippen molar-refractivity contribution in [3.05, 3.63) is 71.3 Å². The summed E-state index contributed by atoms with van der Waals surface area (Å²) in [5.41, 5.74) is 4.09. The van der Waals surface area contributed by atoms with Gasteiger partial charge in [0.25, 0.3) is 0 Å². The van der Waals surface area contributed by atoms with Crippen LogP contribution in [0, 0.1) is 0 Å². The summed E-state index contributed by atoms with van der Waals surface area (Å²) < 4.78 is 13.4. The molecule has 0 heterocycles. The van der Waals surface area contributed by atoms with E-state index in [-0.39, 0.29) is 0 Å². The van der Waals surface area contributed by atoms with Crippen LogP contribution in [-0.4, -0.2) is 23.2 Å². The highest BCUT2D eigenvalue weighted by Gasteiger charge is 2.25. The Morgan fingerprint density at radius 2 is 1.63 bits per heavy atom. The van der Waals surface area contributed by atoms with Crippen LogP contribution >= 0.6 is 0 Å². The Kier molecular flexibility index (Phi) is 7.07. The highest BCUT2D eigenvalue weighted by Crippen LogP contribution is 2.36. The molecule has 0 spiro atoms. The van der Waals surface area contributed by atoms with Gasteiger partial charge in [-0.1, -0.05) is 54.6 Å². The molecule has 2 aromatic carbocycles. The molecule has 146 valence electrons.